The van der Waals surface area contributed by atoms with Crippen LogP contribution in [-0.2, 0) is 4.84 Å². The first-order valence-corrected chi connectivity index (χ1v) is 6.46. The van der Waals surface area contributed by atoms with Gasteiger partial charge in [-0.2, -0.15) is 0 Å². The highest BCUT2D eigenvalue weighted by atomic mass is 16.7. The Labute approximate surface area is 107 Å². The van der Waals surface area contributed by atoms with Crippen molar-refractivity contribution in [3.05, 3.63) is 35.9 Å². The number of fused-ring (bicyclic) bond motifs is 2. The molecule has 1 heterocycles. The van der Waals surface area contributed by atoms with E-state index in [2.05, 4.69) is 6.92 Å². The summed E-state index contributed by atoms with van der Waals surface area (Å²) in [6.45, 7) is 2.96. The molecule has 0 amide bonds. The molecule has 2 bridgehead atoms. The number of benzene rings is 1. The summed E-state index contributed by atoms with van der Waals surface area (Å²) in [7, 11) is 0. The summed E-state index contributed by atoms with van der Waals surface area (Å²) in [5.41, 5.74) is 6.64. The van der Waals surface area contributed by atoms with Crippen LogP contribution < -0.4 is 5.73 Å². The minimum absolute atomic E-state index is 0.261. The van der Waals surface area contributed by atoms with E-state index in [0.717, 1.165) is 13.0 Å². The van der Waals surface area contributed by atoms with Crippen molar-refractivity contribution in [1.29, 1.82) is 0 Å². The van der Waals surface area contributed by atoms with Gasteiger partial charge in [0.05, 0.1) is 11.6 Å². The van der Waals surface area contributed by atoms with Crippen LogP contribution in [0.15, 0.2) is 30.3 Å². The molecular formula is C14H18N2O2. The molecule has 1 aliphatic carbocycles. The van der Waals surface area contributed by atoms with Crippen LogP contribution in [0, 0.1) is 11.8 Å². The van der Waals surface area contributed by atoms with Gasteiger partial charge in [0.25, 0.3) is 0 Å². The second kappa shape index (κ2) is 4.37. The number of nitrogens with two attached hydrogens (primary N) is 1. The van der Waals surface area contributed by atoms with Crippen molar-refractivity contribution in [2.24, 2.45) is 17.6 Å². The molecule has 1 saturated carbocycles. The van der Waals surface area contributed by atoms with Crippen LogP contribution in [0.2, 0.25) is 0 Å². The van der Waals surface area contributed by atoms with Crippen molar-refractivity contribution in [3.8, 4) is 0 Å². The molecule has 1 aromatic carbocycles. The Hall–Kier alpha value is -1.39. The molecule has 2 aliphatic rings. The van der Waals surface area contributed by atoms with Gasteiger partial charge in [-0.25, -0.2) is 4.79 Å². The molecule has 0 aromatic heterocycles. The van der Waals surface area contributed by atoms with E-state index in [9.17, 15) is 4.79 Å². The van der Waals surface area contributed by atoms with Crippen LogP contribution in [0.4, 0.5) is 0 Å². The number of hydroxylamine groups is 2. The summed E-state index contributed by atoms with van der Waals surface area (Å²) in [6, 6.07) is 9.65. The molecule has 1 saturated heterocycles. The minimum atomic E-state index is -0.274. The highest BCUT2D eigenvalue weighted by molar-refractivity contribution is 5.89. The average molecular weight is 246 g/mol. The number of carbonyl (C=O) groups is 1. The normalized spacial score (nSPS) is 34.8. The van der Waals surface area contributed by atoms with Crippen LogP contribution in [0.5, 0.6) is 0 Å². The van der Waals surface area contributed by atoms with E-state index in [1.54, 1.807) is 12.1 Å². The molecule has 96 valence electrons. The summed E-state index contributed by atoms with van der Waals surface area (Å²) < 4.78 is 0. The van der Waals surface area contributed by atoms with Crippen molar-refractivity contribution < 1.29 is 9.63 Å². The second-order valence-corrected chi connectivity index (χ2v) is 5.33. The molecule has 0 radical (unpaired) electrons. The monoisotopic (exact) mass is 246 g/mol. The molecule has 1 aromatic rings. The molecule has 18 heavy (non-hydrogen) atoms. The molecule has 2 fully saturated rings. The lowest BCUT2D eigenvalue weighted by Gasteiger charge is -2.28. The van der Waals surface area contributed by atoms with Gasteiger partial charge in [0.1, 0.15) is 0 Å². The number of carbonyl (C=O) groups excluding carboxylic acids is 1. The van der Waals surface area contributed by atoms with Gasteiger partial charge in [-0.3, -0.25) is 0 Å². The summed E-state index contributed by atoms with van der Waals surface area (Å²) in [5, 5.41) is 1.83. The third-order valence-electron chi connectivity index (χ3n) is 4.32. The predicted octanol–water partition coefficient (Wildman–Crippen LogP) is 1.43. The van der Waals surface area contributed by atoms with Gasteiger partial charge < -0.3 is 10.6 Å². The number of hydrogen-bond acceptors (Lipinski definition) is 4. The maximum atomic E-state index is 12.0. The smallest absolute Gasteiger partial charge is 0.357 e. The fraction of sp³-hybridized carbons (Fsp3) is 0.500. The summed E-state index contributed by atoms with van der Waals surface area (Å²) >= 11 is 0. The Morgan fingerprint density at radius 1 is 1.39 bits per heavy atom. The molecule has 0 spiro atoms. The van der Waals surface area contributed by atoms with Crippen LogP contribution in [0.1, 0.15) is 23.7 Å². The number of hydrogen-bond donors (Lipinski definition) is 1. The highest BCUT2D eigenvalue weighted by Crippen LogP contribution is 2.41. The second-order valence-electron chi connectivity index (χ2n) is 5.33. The van der Waals surface area contributed by atoms with Crippen molar-refractivity contribution in [1.82, 2.24) is 5.06 Å². The van der Waals surface area contributed by atoms with Gasteiger partial charge in [-0.15, -0.1) is 5.06 Å². The predicted molar refractivity (Wildman–Crippen MR) is 67.6 cm³/mol. The van der Waals surface area contributed by atoms with E-state index in [1.165, 1.54) is 0 Å². The Morgan fingerprint density at radius 3 is 2.67 bits per heavy atom. The Kier molecular flexibility index (Phi) is 2.84. The van der Waals surface area contributed by atoms with Crippen molar-refractivity contribution >= 4 is 5.97 Å². The van der Waals surface area contributed by atoms with E-state index in [0.29, 0.717) is 17.4 Å². The molecule has 1 aliphatic heterocycles. The van der Waals surface area contributed by atoms with Crippen LogP contribution in [0.3, 0.4) is 0 Å². The quantitative estimate of drug-likeness (QED) is 0.857. The Bertz CT molecular complexity index is 448. The summed E-state index contributed by atoms with van der Waals surface area (Å²) in [6.07, 6.45) is 0.925. The zero-order valence-corrected chi connectivity index (χ0v) is 10.5. The van der Waals surface area contributed by atoms with Gasteiger partial charge in [0, 0.05) is 12.6 Å². The molecule has 4 nitrogen and oxygen atoms in total. The fourth-order valence-corrected chi connectivity index (χ4v) is 3.21. The average Bonchev–Trinajstić information content (AvgIpc) is 2.82. The molecule has 4 heteroatoms. The first kappa shape index (κ1) is 11.7. The Morgan fingerprint density at radius 2 is 2.11 bits per heavy atom. The number of piperidine rings is 1. The standard InChI is InChI=1S/C14H18N2O2/c1-9-11-8-16(13(9)7-12(11)15)18-14(17)10-5-3-2-4-6-10/h2-6,9,11-13H,7-8,15H2,1H3/t9-,11?,12?,13?/m0/s1. The van der Waals surface area contributed by atoms with E-state index < -0.39 is 0 Å². The number of rotatable bonds is 2. The van der Waals surface area contributed by atoms with Crippen molar-refractivity contribution in [2.45, 2.75) is 25.4 Å². The van der Waals surface area contributed by atoms with Gasteiger partial charge in [0.2, 0.25) is 0 Å². The SMILES string of the molecule is C[C@H]1C2CN(OC(=O)c3ccccc3)C1CC2N. The van der Waals surface area contributed by atoms with E-state index in [-0.39, 0.29) is 18.1 Å². The zero-order chi connectivity index (χ0) is 12.7. The van der Waals surface area contributed by atoms with E-state index >= 15 is 0 Å². The summed E-state index contributed by atoms with van der Waals surface area (Å²) in [4.78, 5) is 17.5. The van der Waals surface area contributed by atoms with E-state index in [1.807, 2.05) is 23.3 Å². The Balaban J connectivity index is 1.67. The van der Waals surface area contributed by atoms with Gasteiger partial charge in [0.15, 0.2) is 0 Å². The molecule has 2 N–H and O–H groups in total. The number of nitrogens with zero attached hydrogens (tertiary/aromatic N) is 1. The van der Waals surface area contributed by atoms with Gasteiger partial charge >= 0.3 is 5.97 Å². The van der Waals surface area contributed by atoms with Gasteiger partial charge in [-0.1, -0.05) is 25.1 Å². The van der Waals surface area contributed by atoms with Crippen LogP contribution >= 0.6 is 0 Å². The van der Waals surface area contributed by atoms with Crippen molar-refractivity contribution in [3.63, 3.8) is 0 Å². The highest BCUT2D eigenvalue weighted by Gasteiger charge is 2.50. The topological polar surface area (TPSA) is 55.6 Å². The first-order chi connectivity index (χ1) is 8.66. The van der Waals surface area contributed by atoms with E-state index in [4.69, 9.17) is 10.6 Å². The largest absolute Gasteiger partial charge is 0.364 e. The van der Waals surface area contributed by atoms with Crippen molar-refractivity contribution in [2.75, 3.05) is 6.54 Å². The minimum Gasteiger partial charge on any atom is -0.364 e. The lowest BCUT2D eigenvalue weighted by Crippen LogP contribution is -2.42. The third-order valence-corrected chi connectivity index (χ3v) is 4.32. The lowest BCUT2D eigenvalue weighted by atomic mass is 9.98. The molecule has 3 unspecified atom stereocenters. The third kappa shape index (κ3) is 1.82. The van der Waals surface area contributed by atoms with Gasteiger partial charge in [-0.05, 0) is 30.4 Å². The fourth-order valence-electron chi connectivity index (χ4n) is 3.21. The first-order valence-electron chi connectivity index (χ1n) is 6.46. The molecule has 4 atom stereocenters. The van der Waals surface area contributed by atoms with Crippen LogP contribution in [-0.4, -0.2) is 29.7 Å². The maximum Gasteiger partial charge on any atom is 0.357 e. The summed E-state index contributed by atoms with van der Waals surface area (Å²) in [5.74, 6) is 0.700. The molecular weight excluding hydrogens is 228 g/mol. The molecule has 3 rings (SSSR count). The lowest BCUT2D eigenvalue weighted by molar-refractivity contribution is -0.132. The maximum absolute atomic E-state index is 12.0. The zero-order valence-electron chi connectivity index (χ0n) is 10.5. The van der Waals surface area contributed by atoms with Crippen LogP contribution in [0.25, 0.3) is 0 Å².